The minimum atomic E-state index is 0.489. The first-order valence-electron chi connectivity index (χ1n) is 6.06. The van der Waals surface area contributed by atoms with Crippen LogP contribution in [0.15, 0.2) is 0 Å². The van der Waals surface area contributed by atoms with Gasteiger partial charge in [-0.2, -0.15) is 0 Å². The monoisotopic (exact) mass is 197 g/mol. The quantitative estimate of drug-likeness (QED) is 0.623. The second-order valence-electron chi connectivity index (χ2n) is 6.33. The molecule has 2 unspecified atom stereocenters. The second kappa shape index (κ2) is 4.22. The molecule has 0 spiro atoms. The minimum absolute atomic E-state index is 0.489. The lowest BCUT2D eigenvalue weighted by Gasteiger charge is -2.44. The molecule has 84 valence electrons. The van der Waals surface area contributed by atoms with Crippen molar-refractivity contribution >= 4 is 0 Å². The van der Waals surface area contributed by atoms with Gasteiger partial charge in [0.15, 0.2) is 0 Å². The lowest BCUT2D eigenvalue weighted by Crippen LogP contribution is -2.46. The van der Waals surface area contributed by atoms with E-state index in [-0.39, 0.29) is 0 Å². The van der Waals surface area contributed by atoms with E-state index in [2.05, 4.69) is 46.4 Å². The third kappa shape index (κ3) is 2.73. The molecular weight excluding hydrogens is 170 g/mol. The fraction of sp³-hybridized carbons (Fsp3) is 1.00. The van der Waals surface area contributed by atoms with Crippen LogP contribution in [-0.2, 0) is 0 Å². The highest BCUT2D eigenvalue weighted by Gasteiger charge is 2.34. The summed E-state index contributed by atoms with van der Waals surface area (Å²) >= 11 is 0. The van der Waals surface area contributed by atoms with E-state index in [0.29, 0.717) is 5.41 Å². The summed E-state index contributed by atoms with van der Waals surface area (Å²) in [7, 11) is 0. The van der Waals surface area contributed by atoms with Crippen molar-refractivity contribution in [2.75, 3.05) is 13.1 Å². The van der Waals surface area contributed by atoms with Crippen LogP contribution in [0.1, 0.15) is 48.0 Å². The summed E-state index contributed by atoms with van der Waals surface area (Å²) in [5, 5.41) is 0. The maximum absolute atomic E-state index is 2.62. The van der Waals surface area contributed by atoms with Gasteiger partial charge in [0.1, 0.15) is 0 Å². The highest BCUT2D eigenvalue weighted by Crippen LogP contribution is 2.38. The van der Waals surface area contributed by atoms with Crippen molar-refractivity contribution in [1.29, 1.82) is 0 Å². The first-order valence-corrected chi connectivity index (χ1v) is 6.06. The molecule has 1 fully saturated rings. The molecule has 1 aliphatic heterocycles. The molecule has 0 amide bonds. The molecule has 1 rings (SSSR count). The summed E-state index contributed by atoms with van der Waals surface area (Å²) < 4.78 is 0. The van der Waals surface area contributed by atoms with E-state index in [1.807, 2.05) is 0 Å². The highest BCUT2D eigenvalue weighted by atomic mass is 15.2. The average Bonchev–Trinajstić information content (AvgIpc) is 2.01. The Balaban J connectivity index is 2.56. The van der Waals surface area contributed by atoms with Crippen LogP contribution in [0.2, 0.25) is 0 Å². The summed E-state index contributed by atoms with van der Waals surface area (Å²) in [5.41, 5.74) is 0.489. The highest BCUT2D eigenvalue weighted by molar-refractivity contribution is 4.85. The van der Waals surface area contributed by atoms with Gasteiger partial charge in [-0.1, -0.05) is 27.7 Å². The molecule has 1 heteroatoms. The van der Waals surface area contributed by atoms with Gasteiger partial charge in [-0.15, -0.1) is 0 Å². The third-order valence-corrected chi connectivity index (χ3v) is 3.78. The molecule has 1 nitrogen and oxygen atoms in total. The molecule has 0 aromatic heterocycles. The normalized spacial score (nSPS) is 31.1. The molecule has 0 aromatic carbocycles. The van der Waals surface area contributed by atoms with E-state index >= 15 is 0 Å². The molecule has 0 bridgehead atoms. The zero-order valence-electron chi connectivity index (χ0n) is 10.8. The number of hydrogen-bond donors (Lipinski definition) is 0. The average molecular weight is 197 g/mol. The van der Waals surface area contributed by atoms with Crippen LogP contribution in [0.5, 0.6) is 0 Å². The lowest BCUT2D eigenvalue weighted by atomic mass is 9.70. The zero-order chi connectivity index (χ0) is 10.9. The summed E-state index contributed by atoms with van der Waals surface area (Å²) in [6.07, 6.45) is 1.38. The summed E-state index contributed by atoms with van der Waals surface area (Å²) in [5.74, 6) is 1.75. The van der Waals surface area contributed by atoms with Crippen molar-refractivity contribution in [3.63, 3.8) is 0 Å². The van der Waals surface area contributed by atoms with Crippen molar-refractivity contribution < 1.29 is 0 Å². The molecule has 0 aromatic rings. The SMILES string of the molecule is CC1CN(C(C)C)CCC1C(C)(C)C. The molecule has 0 N–H and O–H groups in total. The van der Waals surface area contributed by atoms with Crippen LogP contribution in [-0.4, -0.2) is 24.0 Å². The van der Waals surface area contributed by atoms with E-state index < -0.39 is 0 Å². The van der Waals surface area contributed by atoms with E-state index in [1.165, 1.54) is 19.5 Å². The van der Waals surface area contributed by atoms with Gasteiger partial charge in [-0.3, -0.25) is 0 Å². The standard InChI is InChI=1S/C13H27N/c1-10(2)14-8-7-12(11(3)9-14)13(4,5)6/h10-12H,7-9H2,1-6H3. The maximum Gasteiger partial charge on any atom is 0.00387 e. The molecule has 0 saturated carbocycles. The first-order chi connectivity index (χ1) is 6.32. The van der Waals surface area contributed by atoms with Crippen LogP contribution in [0.3, 0.4) is 0 Å². The van der Waals surface area contributed by atoms with Crippen LogP contribution in [0, 0.1) is 17.3 Å². The van der Waals surface area contributed by atoms with Crippen molar-refractivity contribution in [3.8, 4) is 0 Å². The van der Waals surface area contributed by atoms with E-state index in [0.717, 1.165) is 17.9 Å². The molecule has 2 atom stereocenters. The first kappa shape index (κ1) is 12.0. The Morgan fingerprint density at radius 2 is 1.79 bits per heavy atom. The summed E-state index contributed by atoms with van der Waals surface area (Å²) in [6, 6.07) is 0.721. The number of piperidine rings is 1. The van der Waals surface area contributed by atoms with Crippen molar-refractivity contribution in [3.05, 3.63) is 0 Å². The molecule has 1 saturated heterocycles. The number of nitrogens with zero attached hydrogens (tertiary/aromatic N) is 1. The summed E-state index contributed by atoms with van der Waals surface area (Å²) in [6.45, 7) is 16.8. The Morgan fingerprint density at radius 1 is 1.21 bits per heavy atom. The van der Waals surface area contributed by atoms with Crippen LogP contribution in [0.25, 0.3) is 0 Å². The van der Waals surface area contributed by atoms with Crippen LogP contribution in [0.4, 0.5) is 0 Å². The smallest absolute Gasteiger partial charge is 0.00387 e. The Bertz CT molecular complexity index is 178. The second-order valence-corrected chi connectivity index (χ2v) is 6.33. The van der Waals surface area contributed by atoms with Crippen molar-refractivity contribution in [2.45, 2.75) is 54.0 Å². The lowest BCUT2D eigenvalue weighted by molar-refractivity contribution is 0.0445. The largest absolute Gasteiger partial charge is 0.301 e. The molecule has 0 radical (unpaired) electrons. The van der Waals surface area contributed by atoms with E-state index in [4.69, 9.17) is 0 Å². The third-order valence-electron chi connectivity index (χ3n) is 3.78. The predicted octanol–water partition coefficient (Wildman–Crippen LogP) is 3.40. The van der Waals surface area contributed by atoms with Crippen LogP contribution < -0.4 is 0 Å². The van der Waals surface area contributed by atoms with E-state index in [1.54, 1.807) is 0 Å². The van der Waals surface area contributed by atoms with Gasteiger partial charge in [0.25, 0.3) is 0 Å². The molecule has 1 aliphatic rings. The van der Waals surface area contributed by atoms with Crippen molar-refractivity contribution in [2.24, 2.45) is 17.3 Å². The maximum atomic E-state index is 2.62. The summed E-state index contributed by atoms with van der Waals surface area (Å²) in [4.78, 5) is 2.62. The number of rotatable bonds is 1. The van der Waals surface area contributed by atoms with Gasteiger partial charge >= 0.3 is 0 Å². The van der Waals surface area contributed by atoms with Crippen LogP contribution >= 0.6 is 0 Å². The Hall–Kier alpha value is -0.0400. The van der Waals surface area contributed by atoms with Crippen molar-refractivity contribution in [1.82, 2.24) is 4.90 Å². The zero-order valence-corrected chi connectivity index (χ0v) is 10.8. The predicted molar refractivity (Wildman–Crippen MR) is 63.4 cm³/mol. The molecule has 1 heterocycles. The van der Waals surface area contributed by atoms with E-state index in [9.17, 15) is 0 Å². The van der Waals surface area contributed by atoms with Gasteiger partial charge in [-0.25, -0.2) is 0 Å². The fourth-order valence-corrected chi connectivity index (χ4v) is 2.93. The molecule has 14 heavy (non-hydrogen) atoms. The molecular formula is C13H27N. The van der Waals surface area contributed by atoms with Gasteiger partial charge in [-0.05, 0) is 44.1 Å². The minimum Gasteiger partial charge on any atom is -0.301 e. The molecule has 0 aliphatic carbocycles. The fourth-order valence-electron chi connectivity index (χ4n) is 2.93. The van der Waals surface area contributed by atoms with Gasteiger partial charge in [0, 0.05) is 12.6 Å². The Kier molecular flexibility index (Phi) is 3.63. The van der Waals surface area contributed by atoms with Gasteiger partial charge in [0.2, 0.25) is 0 Å². The van der Waals surface area contributed by atoms with Gasteiger partial charge < -0.3 is 4.90 Å². The Labute approximate surface area is 89.9 Å². The topological polar surface area (TPSA) is 3.24 Å². The Morgan fingerprint density at radius 3 is 2.14 bits per heavy atom. The number of likely N-dealkylation sites (tertiary alicyclic amines) is 1. The number of hydrogen-bond acceptors (Lipinski definition) is 1. The van der Waals surface area contributed by atoms with Gasteiger partial charge in [0.05, 0.1) is 0 Å².